The molecule has 0 radical (unpaired) electrons. The molecule has 3 aromatic rings. The van der Waals surface area contributed by atoms with Gasteiger partial charge in [0, 0.05) is 17.4 Å². The number of urea groups is 1. The summed E-state index contributed by atoms with van der Waals surface area (Å²) in [5.41, 5.74) is 1.79. The summed E-state index contributed by atoms with van der Waals surface area (Å²) >= 11 is 6.24. The van der Waals surface area contributed by atoms with Crippen LogP contribution in [-0.2, 0) is 10.3 Å². The van der Waals surface area contributed by atoms with E-state index in [4.69, 9.17) is 11.6 Å². The van der Waals surface area contributed by atoms with Crippen LogP contribution in [0, 0.1) is 0 Å². The molecule has 1 atom stereocenters. The maximum atomic E-state index is 12.8. The fourth-order valence-electron chi connectivity index (χ4n) is 3.22. The molecule has 2 aromatic carbocycles. The molecule has 4 rings (SSSR count). The molecule has 0 bridgehead atoms. The lowest BCUT2D eigenvalue weighted by atomic mass is 9.92. The molecule has 30 heavy (non-hydrogen) atoms. The third kappa shape index (κ3) is 3.62. The van der Waals surface area contributed by atoms with E-state index in [2.05, 4.69) is 20.9 Å². The van der Waals surface area contributed by atoms with E-state index in [-0.39, 0.29) is 5.91 Å². The largest absolute Gasteiger partial charge is 0.322 e. The summed E-state index contributed by atoms with van der Waals surface area (Å²) in [4.78, 5) is 40.6. The van der Waals surface area contributed by atoms with Gasteiger partial charge < -0.3 is 10.6 Å². The van der Waals surface area contributed by atoms with Crippen LogP contribution in [0.1, 0.15) is 22.8 Å². The highest BCUT2D eigenvalue weighted by Gasteiger charge is 2.43. The number of imide groups is 1. The lowest BCUT2D eigenvalue weighted by Gasteiger charge is -2.21. The molecule has 7 nitrogen and oxygen atoms in total. The Balaban J connectivity index is 1.55. The molecule has 0 saturated carbocycles. The van der Waals surface area contributed by atoms with E-state index in [0.717, 1.165) is 11.3 Å². The number of anilines is 1. The molecular formula is C22H17ClN4O3. The molecule has 0 spiro atoms. The lowest BCUT2D eigenvalue weighted by Crippen LogP contribution is -2.40. The zero-order chi connectivity index (χ0) is 21.3. The summed E-state index contributed by atoms with van der Waals surface area (Å²) in [7, 11) is 0. The van der Waals surface area contributed by atoms with Crippen molar-refractivity contribution in [3.8, 4) is 11.3 Å². The number of benzene rings is 2. The minimum atomic E-state index is -1.15. The number of aromatic nitrogens is 1. The highest BCUT2D eigenvalue weighted by atomic mass is 35.5. The molecule has 8 heteroatoms. The lowest BCUT2D eigenvalue weighted by molar-refractivity contribution is -0.123. The van der Waals surface area contributed by atoms with Crippen LogP contribution in [0.3, 0.4) is 0 Å². The van der Waals surface area contributed by atoms with Gasteiger partial charge in [-0.3, -0.25) is 19.9 Å². The van der Waals surface area contributed by atoms with Gasteiger partial charge >= 0.3 is 6.03 Å². The van der Waals surface area contributed by atoms with Crippen LogP contribution in [0.25, 0.3) is 11.3 Å². The number of nitrogens with zero attached hydrogens (tertiary/aromatic N) is 1. The summed E-state index contributed by atoms with van der Waals surface area (Å²) in [5, 5.41) is 7.94. The number of halogens is 1. The Hall–Kier alpha value is -3.71. The SMILES string of the molecule is CC1(c2ccc(NC(=O)c3cc(-c4ccccn4)ccc3Cl)cc2)NC(=O)NC1=O. The number of nitrogens with one attached hydrogen (secondary N) is 3. The summed E-state index contributed by atoms with van der Waals surface area (Å²) in [6.45, 7) is 1.61. The topological polar surface area (TPSA) is 100 Å². The van der Waals surface area contributed by atoms with Crippen molar-refractivity contribution in [3.05, 3.63) is 83.0 Å². The number of amides is 4. The minimum absolute atomic E-state index is 0.318. The molecular weight excluding hydrogens is 404 g/mol. The first-order valence-electron chi connectivity index (χ1n) is 9.13. The molecule has 4 amide bonds. The molecule has 1 saturated heterocycles. The molecule has 1 aromatic heterocycles. The third-order valence-electron chi connectivity index (χ3n) is 4.94. The highest BCUT2D eigenvalue weighted by molar-refractivity contribution is 6.34. The van der Waals surface area contributed by atoms with Gasteiger partial charge in [-0.25, -0.2) is 4.79 Å². The Morgan fingerprint density at radius 3 is 2.47 bits per heavy atom. The summed E-state index contributed by atoms with van der Waals surface area (Å²) in [6.07, 6.45) is 1.68. The highest BCUT2D eigenvalue weighted by Crippen LogP contribution is 2.27. The Labute approximate surface area is 177 Å². The van der Waals surface area contributed by atoms with Crippen molar-refractivity contribution in [1.82, 2.24) is 15.6 Å². The third-order valence-corrected chi connectivity index (χ3v) is 5.27. The van der Waals surface area contributed by atoms with Crippen LogP contribution in [0.5, 0.6) is 0 Å². The zero-order valence-electron chi connectivity index (χ0n) is 15.9. The molecule has 1 aliphatic rings. The Bertz CT molecular complexity index is 1150. The summed E-state index contributed by atoms with van der Waals surface area (Å²) in [5.74, 6) is -0.800. The second-order valence-electron chi connectivity index (χ2n) is 6.97. The quantitative estimate of drug-likeness (QED) is 0.560. The van der Waals surface area contributed by atoms with Crippen molar-refractivity contribution in [3.63, 3.8) is 0 Å². The number of rotatable bonds is 4. The number of pyridine rings is 1. The predicted molar refractivity (Wildman–Crippen MR) is 113 cm³/mol. The fourth-order valence-corrected chi connectivity index (χ4v) is 3.43. The molecule has 0 aliphatic carbocycles. The smallest absolute Gasteiger partial charge is 0.322 e. The van der Waals surface area contributed by atoms with Crippen molar-refractivity contribution >= 4 is 35.1 Å². The van der Waals surface area contributed by atoms with E-state index in [1.165, 1.54) is 0 Å². The van der Waals surface area contributed by atoms with Gasteiger partial charge in [0.2, 0.25) is 0 Å². The van der Waals surface area contributed by atoms with Gasteiger partial charge in [-0.05, 0) is 48.9 Å². The molecule has 1 unspecified atom stereocenters. The number of hydrogen-bond acceptors (Lipinski definition) is 4. The van der Waals surface area contributed by atoms with Crippen LogP contribution in [0.2, 0.25) is 5.02 Å². The molecule has 3 N–H and O–H groups in total. The first-order valence-corrected chi connectivity index (χ1v) is 9.51. The standard InChI is InChI=1S/C22H17ClN4O3/c1-22(20(29)26-21(30)27-22)14-6-8-15(9-7-14)25-19(28)16-12-13(5-10-17(16)23)18-4-2-3-11-24-18/h2-12H,1H3,(H,25,28)(H2,26,27,29,30). The van der Waals surface area contributed by atoms with Crippen molar-refractivity contribution in [2.75, 3.05) is 5.32 Å². The number of hydrogen-bond donors (Lipinski definition) is 3. The predicted octanol–water partition coefficient (Wildman–Crippen LogP) is 3.71. The van der Waals surface area contributed by atoms with Gasteiger partial charge in [0.05, 0.1) is 16.3 Å². The van der Waals surface area contributed by atoms with Crippen LogP contribution in [0.15, 0.2) is 66.9 Å². The monoisotopic (exact) mass is 420 g/mol. The maximum absolute atomic E-state index is 12.8. The average molecular weight is 421 g/mol. The molecule has 1 aliphatic heterocycles. The van der Waals surface area contributed by atoms with E-state index in [1.54, 1.807) is 55.6 Å². The van der Waals surface area contributed by atoms with Gasteiger partial charge in [0.25, 0.3) is 11.8 Å². The van der Waals surface area contributed by atoms with E-state index in [0.29, 0.717) is 21.8 Å². The number of carbonyl (C=O) groups is 3. The Kier molecular flexibility index (Phi) is 4.97. The minimum Gasteiger partial charge on any atom is -0.322 e. The average Bonchev–Trinajstić information content (AvgIpc) is 3.01. The van der Waals surface area contributed by atoms with E-state index >= 15 is 0 Å². The van der Waals surface area contributed by atoms with Gasteiger partial charge in [-0.2, -0.15) is 0 Å². The van der Waals surface area contributed by atoms with Gasteiger partial charge in [-0.15, -0.1) is 0 Å². The normalized spacial score (nSPS) is 17.9. The fraction of sp³-hybridized carbons (Fsp3) is 0.0909. The summed E-state index contributed by atoms with van der Waals surface area (Å²) < 4.78 is 0. The van der Waals surface area contributed by atoms with Crippen LogP contribution in [-0.4, -0.2) is 22.8 Å². The zero-order valence-corrected chi connectivity index (χ0v) is 16.7. The second kappa shape index (κ2) is 7.61. The van der Waals surface area contributed by atoms with Crippen LogP contribution < -0.4 is 16.0 Å². The van der Waals surface area contributed by atoms with Crippen LogP contribution in [0.4, 0.5) is 10.5 Å². The molecule has 2 heterocycles. The van der Waals surface area contributed by atoms with E-state index < -0.39 is 17.5 Å². The van der Waals surface area contributed by atoms with Crippen molar-refractivity contribution in [2.45, 2.75) is 12.5 Å². The van der Waals surface area contributed by atoms with Crippen molar-refractivity contribution < 1.29 is 14.4 Å². The van der Waals surface area contributed by atoms with Gasteiger partial charge in [-0.1, -0.05) is 35.9 Å². The van der Waals surface area contributed by atoms with Crippen molar-refractivity contribution in [1.29, 1.82) is 0 Å². The van der Waals surface area contributed by atoms with E-state index in [9.17, 15) is 14.4 Å². The maximum Gasteiger partial charge on any atom is 0.322 e. The first kappa shape index (κ1) is 19.6. The number of carbonyl (C=O) groups excluding carboxylic acids is 3. The van der Waals surface area contributed by atoms with Gasteiger partial charge in [0.1, 0.15) is 5.54 Å². The molecule has 1 fully saturated rings. The van der Waals surface area contributed by atoms with E-state index in [1.807, 2.05) is 18.2 Å². The van der Waals surface area contributed by atoms with Crippen LogP contribution >= 0.6 is 11.6 Å². The summed E-state index contributed by atoms with van der Waals surface area (Å²) in [6, 6.07) is 16.8. The molecule has 150 valence electrons. The van der Waals surface area contributed by atoms with Crippen molar-refractivity contribution in [2.24, 2.45) is 0 Å². The second-order valence-corrected chi connectivity index (χ2v) is 7.38. The van der Waals surface area contributed by atoms with Gasteiger partial charge in [0.15, 0.2) is 0 Å². The first-order chi connectivity index (χ1) is 14.4. The Morgan fingerprint density at radius 2 is 1.83 bits per heavy atom. The Morgan fingerprint density at radius 1 is 1.07 bits per heavy atom.